The summed E-state index contributed by atoms with van der Waals surface area (Å²) >= 11 is 0. The van der Waals surface area contributed by atoms with Crippen LogP contribution < -0.4 is 0 Å². The number of carbonyl (C=O) groups excluding carboxylic acids is 1. The molecule has 0 radical (unpaired) electrons. The molecule has 0 aromatic heterocycles. The summed E-state index contributed by atoms with van der Waals surface area (Å²) in [6.07, 6.45) is 20.0. The van der Waals surface area contributed by atoms with Crippen LogP contribution in [-0.4, -0.2) is 97.5 Å². The molecular formula is C38H74O12S. The second-order valence-electron chi connectivity index (χ2n) is 14.2. The summed E-state index contributed by atoms with van der Waals surface area (Å²) in [6.45, 7) is 3.98. The number of esters is 1. The van der Waals surface area contributed by atoms with Gasteiger partial charge in [-0.05, 0) is 12.8 Å². The molecule has 1 heterocycles. The minimum Gasteiger partial charge on any atom is -0.457 e. The van der Waals surface area contributed by atoms with Gasteiger partial charge in [0.1, 0.15) is 30.5 Å². The highest BCUT2D eigenvalue weighted by atomic mass is 32.3. The Morgan fingerprint density at radius 3 is 1.57 bits per heavy atom. The molecule has 304 valence electrons. The Hall–Kier alpha value is -0.900. The van der Waals surface area contributed by atoms with Gasteiger partial charge in [-0.25, -0.2) is 4.18 Å². The van der Waals surface area contributed by atoms with Crippen LogP contribution in [0.15, 0.2) is 0 Å². The topological polar surface area (TPSA) is 178 Å². The van der Waals surface area contributed by atoms with Gasteiger partial charge in [0.15, 0.2) is 6.29 Å². The second kappa shape index (κ2) is 31.5. The Kier molecular flexibility index (Phi) is 29.7. The molecule has 12 nitrogen and oxygen atoms in total. The summed E-state index contributed by atoms with van der Waals surface area (Å²) in [5, 5.41) is 30.5. The monoisotopic (exact) mass is 754 g/mol. The number of hydrogen-bond donors (Lipinski definition) is 4. The number of ether oxygens (including phenoxy) is 4. The van der Waals surface area contributed by atoms with Crippen LogP contribution in [0.2, 0.25) is 0 Å². The molecule has 6 unspecified atom stereocenters. The maximum atomic E-state index is 12.7. The smallest absolute Gasteiger partial charge is 0.397 e. The molecule has 13 heteroatoms. The third-order valence-corrected chi connectivity index (χ3v) is 9.94. The van der Waals surface area contributed by atoms with Gasteiger partial charge in [0, 0.05) is 13.0 Å². The molecule has 1 aliphatic rings. The zero-order valence-corrected chi connectivity index (χ0v) is 32.7. The number of aliphatic hydroxyl groups excluding tert-OH is 3. The van der Waals surface area contributed by atoms with Crippen molar-refractivity contribution in [3.63, 3.8) is 0 Å². The Labute approximate surface area is 309 Å². The van der Waals surface area contributed by atoms with Crippen molar-refractivity contribution in [1.29, 1.82) is 0 Å². The summed E-state index contributed by atoms with van der Waals surface area (Å²) < 4.78 is 58.8. The van der Waals surface area contributed by atoms with Crippen molar-refractivity contribution in [2.24, 2.45) is 0 Å². The van der Waals surface area contributed by atoms with Crippen LogP contribution in [0.1, 0.15) is 174 Å². The number of unbranched alkanes of at least 4 members (excludes halogenated alkanes) is 22. The SMILES string of the molecule is CCCCCCCCCCCCCCCCOCC(COC1OC(CO)C(O)C(OS(=O)(=O)O)C1O)OC(=O)CCCCCCCCCCCC. The van der Waals surface area contributed by atoms with Gasteiger partial charge < -0.3 is 34.3 Å². The standard InChI is InChI=1S/C38H74O12S/c1-3-5-7-9-11-13-15-16-17-18-20-22-24-26-28-46-30-32(48-34(40)27-25-23-21-19-14-12-10-8-6-4-2)31-47-38-36(42)37(50-51(43,44)45)35(41)33(29-39)49-38/h32-33,35-39,41-42H,3-31H2,1-2H3,(H,43,44,45). The van der Waals surface area contributed by atoms with Crippen molar-refractivity contribution in [3.05, 3.63) is 0 Å². The minimum atomic E-state index is -5.05. The van der Waals surface area contributed by atoms with E-state index in [2.05, 4.69) is 18.0 Å². The maximum Gasteiger partial charge on any atom is 0.397 e. The third kappa shape index (κ3) is 25.7. The zero-order chi connectivity index (χ0) is 37.6. The van der Waals surface area contributed by atoms with Gasteiger partial charge in [-0.1, -0.05) is 155 Å². The quantitative estimate of drug-likeness (QED) is 0.0288. The second-order valence-corrected chi connectivity index (χ2v) is 15.3. The highest BCUT2D eigenvalue weighted by molar-refractivity contribution is 7.80. The van der Waals surface area contributed by atoms with Crippen LogP contribution in [-0.2, 0) is 38.3 Å². The third-order valence-electron chi connectivity index (χ3n) is 9.48. The van der Waals surface area contributed by atoms with E-state index < -0.39 is 59.8 Å². The fraction of sp³-hybridized carbons (Fsp3) is 0.974. The van der Waals surface area contributed by atoms with E-state index in [0.29, 0.717) is 13.0 Å². The van der Waals surface area contributed by atoms with Crippen molar-refractivity contribution in [3.8, 4) is 0 Å². The fourth-order valence-corrected chi connectivity index (χ4v) is 6.89. The Morgan fingerprint density at radius 1 is 0.667 bits per heavy atom. The predicted octanol–water partition coefficient (Wildman–Crippen LogP) is 7.35. The van der Waals surface area contributed by atoms with Crippen molar-refractivity contribution in [2.45, 2.75) is 211 Å². The van der Waals surface area contributed by atoms with Crippen LogP contribution in [0, 0.1) is 0 Å². The molecule has 0 saturated carbocycles. The Balaban J connectivity index is 2.47. The van der Waals surface area contributed by atoms with Gasteiger partial charge in [-0.15, -0.1) is 0 Å². The predicted molar refractivity (Wildman–Crippen MR) is 198 cm³/mol. The van der Waals surface area contributed by atoms with E-state index in [4.69, 9.17) is 23.5 Å². The van der Waals surface area contributed by atoms with E-state index >= 15 is 0 Å². The first-order valence-corrected chi connectivity index (χ1v) is 21.7. The fourth-order valence-electron chi connectivity index (χ4n) is 6.38. The van der Waals surface area contributed by atoms with E-state index in [1.54, 1.807) is 0 Å². The van der Waals surface area contributed by atoms with E-state index in [9.17, 15) is 28.5 Å². The van der Waals surface area contributed by atoms with Gasteiger partial charge in [0.2, 0.25) is 0 Å². The molecule has 0 spiro atoms. The van der Waals surface area contributed by atoms with Gasteiger partial charge in [0.05, 0.1) is 19.8 Å². The molecule has 0 aromatic rings. The first-order chi connectivity index (χ1) is 24.6. The van der Waals surface area contributed by atoms with Gasteiger partial charge >= 0.3 is 16.4 Å². The molecule has 1 saturated heterocycles. The van der Waals surface area contributed by atoms with Crippen molar-refractivity contribution in [1.82, 2.24) is 0 Å². The molecule has 1 aliphatic heterocycles. The largest absolute Gasteiger partial charge is 0.457 e. The number of carbonyl (C=O) groups is 1. The van der Waals surface area contributed by atoms with E-state index in [-0.39, 0.29) is 19.6 Å². The summed E-state index contributed by atoms with van der Waals surface area (Å²) in [6, 6.07) is 0. The lowest BCUT2D eigenvalue weighted by Crippen LogP contribution is -2.60. The number of rotatable bonds is 35. The molecule has 51 heavy (non-hydrogen) atoms. The van der Waals surface area contributed by atoms with Crippen molar-refractivity contribution >= 4 is 16.4 Å². The van der Waals surface area contributed by atoms with Gasteiger partial charge in [-0.2, -0.15) is 8.42 Å². The molecule has 0 bridgehead atoms. The minimum absolute atomic E-state index is 0.0437. The van der Waals surface area contributed by atoms with Crippen LogP contribution in [0.4, 0.5) is 0 Å². The normalized spacial score (nSPS) is 21.6. The summed E-state index contributed by atoms with van der Waals surface area (Å²) in [4.78, 5) is 12.7. The van der Waals surface area contributed by atoms with Crippen molar-refractivity contribution < 1.29 is 56.2 Å². The molecule has 0 amide bonds. The Bertz CT molecular complexity index is 921. The number of aliphatic hydroxyl groups is 3. The van der Waals surface area contributed by atoms with Crippen LogP contribution in [0.3, 0.4) is 0 Å². The first-order valence-electron chi connectivity index (χ1n) is 20.3. The molecule has 1 fully saturated rings. The van der Waals surface area contributed by atoms with Crippen LogP contribution >= 0.6 is 0 Å². The van der Waals surface area contributed by atoms with Crippen LogP contribution in [0.5, 0.6) is 0 Å². The molecule has 1 rings (SSSR count). The Morgan fingerprint density at radius 2 is 1.12 bits per heavy atom. The maximum absolute atomic E-state index is 12.7. The van der Waals surface area contributed by atoms with Crippen LogP contribution in [0.25, 0.3) is 0 Å². The van der Waals surface area contributed by atoms with E-state index in [1.165, 1.54) is 109 Å². The summed E-state index contributed by atoms with van der Waals surface area (Å²) in [5.41, 5.74) is 0. The molecular weight excluding hydrogens is 680 g/mol. The van der Waals surface area contributed by atoms with E-state index in [0.717, 1.165) is 38.5 Å². The zero-order valence-electron chi connectivity index (χ0n) is 31.9. The average molecular weight is 755 g/mol. The van der Waals surface area contributed by atoms with Gasteiger partial charge in [-0.3, -0.25) is 9.35 Å². The molecule has 0 aromatic carbocycles. The summed E-state index contributed by atoms with van der Waals surface area (Å²) in [5.74, 6) is -0.399. The summed E-state index contributed by atoms with van der Waals surface area (Å²) in [7, 11) is -5.05. The highest BCUT2D eigenvalue weighted by Crippen LogP contribution is 2.26. The lowest BCUT2D eigenvalue weighted by molar-refractivity contribution is -0.301. The molecule has 4 N–H and O–H groups in total. The van der Waals surface area contributed by atoms with Gasteiger partial charge in [0.25, 0.3) is 0 Å². The lowest BCUT2D eigenvalue weighted by atomic mass is 9.99. The molecule has 0 aliphatic carbocycles. The number of hydrogen-bond acceptors (Lipinski definition) is 11. The molecule has 6 atom stereocenters. The lowest BCUT2D eigenvalue weighted by Gasteiger charge is -2.41. The van der Waals surface area contributed by atoms with Crippen molar-refractivity contribution in [2.75, 3.05) is 26.4 Å². The average Bonchev–Trinajstić information content (AvgIpc) is 3.09. The van der Waals surface area contributed by atoms with E-state index in [1.807, 2.05) is 0 Å². The first kappa shape index (κ1) is 48.1. The highest BCUT2D eigenvalue weighted by Gasteiger charge is 2.48.